The van der Waals surface area contributed by atoms with Crippen molar-refractivity contribution in [2.24, 2.45) is 11.8 Å². The molecule has 38 heavy (non-hydrogen) atoms. The van der Waals surface area contributed by atoms with Gasteiger partial charge in [-0.3, -0.25) is 9.59 Å². The Bertz CT molecular complexity index is 1350. The number of nitrogens with one attached hydrogen (secondary N) is 3. The summed E-state index contributed by atoms with van der Waals surface area (Å²) in [7, 11) is 0. The Labute approximate surface area is 222 Å². The van der Waals surface area contributed by atoms with Crippen LogP contribution in [0.2, 0.25) is 0 Å². The second kappa shape index (κ2) is 10.7. The van der Waals surface area contributed by atoms with Gasteiger partial charge in [-0.2, -0.15) is 0 Å². The quantitative estimate of drug-likeness (QED) is 0.358. The number of benzene rings is 1. The van der Waals surface area contributed by atoms with Crippen molar-refractivity contribution in [2.75, 3.05) is 6.61 Å². The molecule has 0 saturated heterocycles. The predicted molar refractivity (Wildman–Crippen MR) is 145 cm³/mol. The number of carbonyl (C=O) groups is 2. The molecule has 2 aromatic heterocycles. The van der Waals surface area contributed by atoms with Crippen LogP contribution in [0.4, 0.5) is 0 Å². The van der Waals surface area contributed by atoms with Crippen molar-refractivity contribution in [2.45, 2.75) is 78.0 Å². The highest BCUT2D eigenvalue weighted by Gasteiger charge is 2.31. The second-order valence-corrected chi connectivity index (χ2v) is 11.1. The van der Waals surface area contributed by atoms with Crippen molar-refractivity contribution < 1.29 is 19.4 Å². The molecular formula is C29H37N5O4. The standard InChI is InChI=1S/C29H37N5O4/c1-15-5-10-23(38-13-19-6-7-19)21(11-15)25-27-26(31-14-30-25)24(17(3)32-27)29(37)33-20-8-9-22(16(2)12-20)34-28(36)18(4)35/h5,10-11,14,16,18-20,22,32,35H,6-9,12-13H2,1-4H3,(H,33,37)(H,34,36)/t16-,18+,20-,22+/m1/s1. The molecule has 202 valence electrons. The Morgan fingerprint density at radius 2 is 1.95 bits per heavy atom. The molecule has 1 aromatic carbocycles. The van der Waals surface area contributed by atoms with Gasteiger partial charge in [0.2, 0.25) is 5.91 Å². The van der Waals surface area contributed by atoms with E-state index in [1.807, 2.05) is 26.0 Å². The summed E-state index contributed by atoms with van der Waals surface area (Å²) in [6.45, 7) is 8.14. The van der Waals surface area contributed by atoms with E-state index in [9.17, 15) is 14.7 Å². The zero-order valence-corrected chi connectivity index (χ0v) is 22.5. The molecule has 9 nitrogen and oxygen atoms in total. The van der Waals surface area contributed by atoms with Crippen LogP contribution in [0.25, 0.3) is 22.3 Å². The molecule has 0 aliphatic heterocycles. The molecule has 2 heterocycles. The van der Waals surface area contributed by atoms with Crippen molar-refractivity contribution in [1.82, 2.24) is 25.6 Å². The Balaban J connectivity index is 1.36. The minimum absolute atomic E-state index is 0.0120. The zero-order valence-electron chi connectivity index (χ0n) is 22.5. The largest absolute Gasteiger partial charge is 0.493 e. The molecule has 0 unspecified atom stereocenters. The molecule has 4 atom stereocenters. The maximum Gasteiger partial charge on any atom is 0.255 e. The third kappa shape index (κ3) is 5.53. The lowest BCUT2D eigenvalue weighted by molar-refractivity contribution is -0.129. The first-order valence-corrected chi connectivity index (χ1v) is 13.6. The number of hydrogen-bond acceptors (Lipinski definition) is 6. The van der Waals surface area contributed by atoms with E-state index in [1.54, 1.807) is 0 Å². The number of hydrogen-bond donors (Lipinski definition) is 4. The van der Waals surface area contributed by atoms with E-state index >= 15 is 0 Å². The van der Waals surface area contributed by atoms with Gasteiger partial charge in [0, 0.05) is 23.3 Å². The third-order valence-electron chi connectivity index (χ3n) is 7.77. The first kappa shape index (κ1) is 26.2. The summed E-state index contributed by atoms with van der Waals surface area (Å²) >= 11 is 0. The maximum atomic E-state index is 13.5. The van der Waals surface area contributed by atoms with Crippen LogP contribution in [0.3, 0.4) is 0 Å². The van der Waals surface area contributed by atoms with Gasteiger partial charge in [-0.15, -0.1) is 0 Å². The predicted octanol–water partition coefficient (Wildman–Crippen LogP) is 3.81. The molecule has 5 rings (SSSR count). The first-order chi connectivity index (χ1) is 18.2. The van der Waals surface area contributed by atoms with E-state index in [1.165, 1.54) is 26.1 Å². The van der Waals surface area contributed by atoms with Gasteiger partial charge in [0.05, 0.1) is 17.7 Å². The number of aliphatic hydroxyl groups is 1. The Morgan fingerprint density at radius 3 is 2.66 bits per heavy atom. The van der Waals surface area contributed by atoms with Crippen LogP contribution in [0.5, 0.6) is 5.75 Å². The average molecular weight is 520 g/mol. The summed E-state index contributed by atoms with van der Waals surface area (Å²) in [6.07, 6.45) is 5.12. The minimum Gasteiger partial charge on any atom is -0.493 e. The summed E-state index contributed by atoms with van der Waals surface area (Å²) in [4.78, 5) is 37.9. The van der Waals surface area contributed by atoms with E-state index in [0.29, 0.717) is 23.6 Å². The van der Waals surface area contributed by atoms with Gasteiger partial charge in [0.25, 0.3) is 5.91 Å². The van der Waals surface area contributed by atoms with Crippen molar-refractivity contribution in [1.29, 1.82) is 0 Å². The number of rotatable bonds is 8. The lowest BCUT2D eigenvalue weighted by Gasteiger charge is -2.35. The summed E-state index contributed by atoms with van der Waals surface area (Å²) in [5.41, 5.74) is 5.26. The van der Waals surface area contributed by atoms with Crippen molar-refractivity contribution in [3.63, 3.8) is 0 Å². The van der Waals surface area contributed by atoms with E-state index in [4.69, 9.17) is 4.74 Å². The van der Waals surface area contributed by atoms with Crippen LogP contribution in [-0.4, -0.2) is 56.7 Å². The number of carbonyl (C=O) groups excluding carboxylic acids is 2. The van der Waals surface area contributed by atoms with Crippen LogP contribution in [0, 0.1) is 25.7 Å². The number of aromatic nitrogens is 3. The minimum atomic E-state index is -1.03. The molecule has 2 saturated carbocycles. The first-order valence-electron chi connectivity index (χ1n) is 13.6. The molecule has 9 heteroatoms. The number of fused-ring (bicyclic) bond motifs is 1. The second-order valence-electron chi connectivity index (χ2n) is 11.1. The number of aromatic amines is 1. The fourth-order valence-electron chi connectivity index (χ4n) is 5.35. The number of aliphatic hydroxyl groups excluding tert-OH is 1. The lowest BCUT2D eigenvalue weighted by Crippen LogP contribution is -2.49. The molecule has 0 radical (unpaired) electrons. The molecule has 3 aromatic rings. The highest BCUT2D eigenvalue weighted by molar-refractivity contribution is 6.09. The van der Waals surface area contributed by atoms with Gasteiger partial charge < -0.3 is 25.5 Å². The average Bonchev–Trinajstić information content (AvgIpc) is 3.64. The maximum absolute atomic E-state index is 13.5. The van der Waals surface area contributed by atoms with Gasteiger partial charge >= 0.3 is 0 Å². The molecule has 0 bridgehead atoms. The monoisotopic (exact) mass is 519 g/mol. The van der Waals surface area contributed by atoms with Gasteiger partial charge in [-0.05, 0) is 76.8 Å². The smallest absolute Gasteiger partial charge is 0.255 e. The van der Waals surface area contributed by atoms with Crippen molar-refractivity contribution >= 4 is 22.8 Å². The Kier molecular flexibility index (Phi) is 7.38. The molecular weight excluding hydrogens is 482 g/mol. The zero-order chi connectivity index (χ0) is 27.0. The fourth-order valence-corrected chi connectivity index (χ4v) is 5.35. The SMILES string of the molecule is Cc1ccc(OCC2CC2)c(-c2ncnc3c(C(=O)N[C@@H]4CC[C@H](NC(=O)[C@H](C)O)[C@H](C)C4)c(C)[nH]c23)c1. The molecule has 0 spiro atoms. The number of ether oxygens (including phenoxy) is 1. The number of nitrogens with zero attached hydrogens (tertiary/aromatic N) is 2. The molecule has 2 aliphatic carbocycles. The van der Waals surface area contributed by atoms with Crippen LogP contribution in [0.1, 0.15) is 67.6 Å². The van der Waals surface area contributed by atoms with Crippen LogP contribution in [0.15, 0.2) is 24.5 Å². The van der Waals surface area contributed by atoms with Crippen molar-refractivity contribution in [3.8, 4) is 17.0 Å². The third-order valence-corrected chi connectivity index (χ3v) is 7.77. The van der Waals surface area contributed by atoms with Crippen LogP contribution < -0.4 is 15.4 Å². The van der Waals surface area contributed by atoms with Gasteiger partial charge in [0.1, 0.15) is 29.4 Å². The lowest BCUT2D eigenvalue weighted by atomic mass is 9.82. The van der Waals surface area contributed by atoms with Gasteiger partial charge in [-0.25, -0.2) is 9.97 Å². The van der Waals surface area contributed by atoms with Crippen LogP contribution in [-0.2, 0) is 4.79 Å². The summed E-state index contributed by atoms with van der Waals surface area (Å²) in [6, 6.07) is 6.07. The van der Waals surface area contributed by atoms with Crippen LogP contribution >= 0.6 is 0 Å². The van der Waals surface area contributed by atoms with E-state index in [0.717, 1.165) is 53.0 Å². The molecule has 2 aliphatic rings. The highest BCUT2D eigenvalue weighted by atomic mass is 16.5. The molecule has 4 N–H and O–H groups in total. The number of H-pyrrole nitrogens is 1. The fraction of sp³-hybridized carbons (Fsp3) is 0.517. The van der Waals surface area contributed by atoms with Crippen molar-refractivity contribution in [3.05, 3.63) is 41.3 Å². The summed E-state index contributed by atoms with van der Waals surface area (Å²) in [5.74, 6) is 1.06. The Hall–Kier alpha value is -3.46. The van der Waals surface area contributed by atoms with Gasteiger partial charge in [0.15, 0.2) is 0 Å². The molecule has 2 amide bonds. The topological polar surface area (TPSA) is 129 Å². The normalized spacial score (nSPS) is 22.2. The highest BCUT2D eigenvalue weighted by Crippen LogP contribution is 2.37. The number of amides is 2. The number of aryl methyl sites for hydroxylation is 2. The summed E-state index contributed by atoms with van der Waals surface area (Å²) in [5, 5.41) is 15.6. The molecule has 2 fully saturated rings. The van der Waals surface area contributed by atoms with Gasteiger partial charge in [-0.1, -0.05) is 18.6 Å². The summed E-state index contributed by atoms with van der Waals surface area (Å²) < 4.78 is 6.17. The van der Waals surface area contributed by atoms with E-state index in [-0.39, 0.29) is 29.8 Å². The van der Waals surface area contributed by atoms with E-state index in [2.05, 4.69) is 38.6 Å². The van der Waals surface area contributed by atoms with E-state index < -0.39 is 6.10 Å². The Morgan fingerprint density at radius 1 is 1.16 bits per heavy atom.